The summed E-state index contributed by atoms with van der Waals surface area (Å²) in [5.74, 6) is 0.0735. The molecule has 1 fully saturated rings. The fraction of sp³-hybridized carbons (Fsp3) is 0.400. The number of aliphatic hydroxyl groups excluding tert-OH is 4. The molecular formula is C20H24O6. The minimum atomic E-state index is -1.16. The summed E-state index contributed by atoms with van der Waals surface area (Å²) in [6.07, 6.45) is -3.94. The summed E-state index contributed by atoms with van der Waals surface area (Å²) in [7, 11) is 0. The number of hydrogen-bond acceptors (Lipinski definition) is 6. The van der Waals surface area contributed by atoms with E-state index in [9.17, 15) is 20.4 Å². The van der Waals surface area contributed by atoms with Gasteiger partial charge in [0, 0.05) is 11.5 Å². The minimum absolute atomic E-state index is 0.0537. The van der Waals surface area contributed by atoms with Gasteiger partial charge in [0.2, 0.25) is 6.29 Å². The lowest BCUT2D eigenvalue weighted by Gasteiger charge is -2.40. The number of rotatable bonds is 5. The SMILES string of the molecule is CC1[C@H](Oc2ccccc2-c2cccc(CO)c2)OC(CO)[C@H](O)[C@@H]1O. The van der Waals surface area contributed by atoms with Crippen LogP contribution in [0.4, 0.5) is 0 Å². The Kier molecular flexibility index (Phi) is 5.90. The van der Waals surface area contributed by atoms with Gasteiger partial charge in [0.1, 0.15) is 18.0 Å². The predicted octanol–water partition coefficient (Wildman–Crippen LogP) is 1.30. The maximum Gasteiger partial charge on any atom is 0.205 e. The summed E-state index contributed by atoms with van der Waals surface area (Å²) in [6, 6.07) is 14.9. The maximum absolute atomic E-state index is 10.2. The monoisotopic (exact) mass is 360 g/mol. The van der Waals surface area contributed by atoms with Gasteiger partial charge < -0.3 is 29.9 Å². The molecule has 6 nitrogen and oxygen atoms in total. The molecule has 3 rings (SSSR count). The second-order valence-electron chi connectivity index (χ2n) is 6.54. The van der Waals surface area contributed by atoms with E-state index >= 15 is 0 Å². The highest BCUT2D eigenvalue weighted by atomic mass is 16.7. The van der Waals surface area contributed by atoms with E-state index in [-0.39, 0.29) is 6.61 Å². The molecule has 1 heterocycles. The largest absolute Gasteiger partial charge is 0.464 e. The minimum Gasteiger partial charge on any atom is -0.464 e. The van der Waals surface area contributed by atoms with Crippen molar-refractivity contribution in [2.24, 2.45) is 5.92 Å². The van der Waals surface area contributed by atoms with Crippen LogP contribution in [-0.4, -0.2) is 51.6 Å². The zero-order valence-electron chi connectivity index (χ0n) is 14.5. The van der Waals surface area contributed by atoms with Gasteiger partial charge in [0.05, 0.1) is 19.3 Å². The number of aliphatic hydroxyl groups is 4. The Balaban J connectivity index is 1.88. The van der Waals surface area contributed by atoms with Gasteiger partial charge >= 0.3 is 0 Å². The van der Waals surface area contributed by atoms with E-state index in [4.69, 9.17) is 9.47 Å². The van der Waals surface area contributed by atoms with Crippen molar-refractivity contribution in [2.75, 3.05) is 6.61 Å². The molecule has 2 aromatic rings. The van der Waals surface area contributed by atoms with Gasteiger partial charge in [-0.25, -0.2) is 0 Å². The second-order valence-corrected chi connectivity index (χ2v) is 6.54. The summed E-state index contributed by atoms with van der Waals surface area (Å²) >= 11 is 0. The molecule has 4 N–H and O–H groups in total. The Morgan fingerprint density at radius 3 is 2.50 bits per heavy atom. The lowest BCUT2D eigenvalue weighted by Crippen LogP contribution is -2.56. The van der Waals surface area contributed by atoms with Crippen LogP contribution in [0.2, 0.25) is 0 Å². The molecule has 1 aliphatic heterocycles. The Bertz CT molecular complexity index is 732. The molecule has 0 aliphatic carbocycles. The fourth-order valence-electron chi connectivity index (χ4n) is 3.13. The van der Waals surface area contributed by atoms with Crippen LogP contribution in [0.3, 0.4) is 0 Å². The van der Waals surface area contributed by atoms with Crippen molar-refractivity contribution in [1.82, 2.24) is 0 Å². The van der Waals surface area contributed by atoms with E-state index < -0.39 is 37.1 Å². The third-order valence-corrected chi connectivity index (χ3v) is 4.74. The predicted molar refractivity (Wildman–Crippen MR) is 95.4 cm³/mol. The van der Waals surface area contributed by atoms with Gasteiger partial charge in [-0.3, -0.25) is 0 Å². The Hall–Kier alpha value is -1.96. The molecule has 140 valence electrons. The van der Waals surface area contributed by atoms with Crippen molar-refractivity contribution in [3.05, 3.63) is 54.1 Å². The van der Waals surface area contributed by atoms with E-state index in [1.165, 1.54) is 0 Å². The normalized spacial score (nSPS) is 28.7. The first-order valence-electron chi connectivity index (χ1n) is 8.63. The number of hydrogen-bond donors (Lipinski definition) is 4. The van der Waals surface area contributed by atoms with E-state index in [0.29, 0.717) is 5.75 Å². The van der Waals surface area contributed by atoms with Crippen LogP contribution < -0.4 is 4.74 Å². The van der Waals surface area contributed by atoms with Crippen molar-refractivity contribution in [1.29, 1.82) is 0 Å². The maximum atomic E-state index is 10.2. The summed E-state index contributed by atoms with van der Waals surface area (Å²) in [4.78, 5) is 0. The molecule has 26 heavy (non-hydrogen) atoms. The zero-order chi connectivity index (χ0) is 18.7. The molecule has 0 spiro atoms. The number of ether oxygens (including phenoxy) is 2. The summed E-state index contributed by atoms with van der Waals surface area (Å²) < 4.78 is 11.7. The molecule has 0 amide bonds. The summed E-state index contributed by atoms with van der Waals surface area (Å²) in [6.45, 7) is 1.26. The lowest BCUT2D eigenvalue weighted by molar-refractivity contribution is -0.256. The van der Waals surface area contributed by atoms with Gasteiger partial charge in [-0.1, -0.05) is 43.3 Å². The smallest absolute Gasteiger partial charge is 0.205 e. The molecule has 0 aromatic heterocycles. The summed E-state index contributed by atoms with van der Waals surface area (Å²) in [5, 5.41) is 38.9. The van der Waals surface area contributed by atoms with Crippen LogP contribution in [0, 0.1) is 5.92 Å². The first-order chi connectivity index (χ1) is 12.5. The zero-order valence-corrected chi connectivity index (χ0v) is 14.5. The third-order valence-electron chi connectivity index (χ3n) is 4.74. The first kappa shape index (κ1) is 18.8. The van der Waals surface area contributed by atoms with E-state index in [2.05, 4.69) is 0 Å². The molecule has 1 aliphatic rings. The van der Waals surface area contributed by atoms with Crippen molar-refractivity contribution >= 4 is 0 Å². The van der Waals surface area contributed by atoms with Crippen LogP contribution >= 0.6 is 0 Å². The Labute approximate surface area is 152 Å². The average molecular weight is 360 g/mol. The van der Waals surface area contributed by atoms with Gasteiger partial charge in [-0.15, -0.1) is 0 Å². The van der Waals surface area contributed by atoms with E-state index in [1.807, 2.05) is 42.5 Å². The standard InChI is InChI=1S/C20H24O6/c1-12-18(23)19(24)17(11-22)26-20(12)25-16-8-3-2-7-15(16)14-6-4-5-13(9-14)10-21/h2-9,12,17-24H,10-11H2,1H3/t12?,17?,18-,19+,20-/m1/s1. The van der Waals surface area contributed by atoms with Crippen molar-refractivity contribution in [3.8, 4) is 16.9 Å². The molecule has 0 bridgehead atoms. The third kappa shape index (κ3) is 3.75. The molecule has 1 saturated heterocycles. The lowest BCUT2D eigenvalue weighted by atomic mass is 9.92. The second kappa shape index (κ2) is 8.16. The van der Waals surface area contributed by atoms with Crippen LogP contribution in [0.5, 0.6) is 5.75 Å². The Morgan fingerprint density at radius 2 is 1.77 bits per heavy atom. The van der Waals surface area contributed by atoms with Crippen LogP contribution in [-0.2, 0) is 11.3 Å². The number of benzene rings is 2. The molecule has 2 unspecified atom stereocenters. The van der Waals surface area contributed by atoms with Crippen LogP contribution in [0.25, 0.3) is 11.1 Å². The highest BCUT2D eigenvalue weighted by Gasteiger charge is 2.43. The van der Waals surface area contributed by atoms with E-state index in [1.54, 1.807) is 13.0 Å². The summed E-state index contributed by atoms with van der Waals surface area (Å²) in [5.41, 5.74) is 2.49. The van der Waals surface area contributed by atoms with Crippen molar-refractivity contribution < 1.29 is 29.9 Å². The molecule has 0 radical (unpaired) electrons. The topological polar surface area (TPSA) is 99.4 Å². The van der Waals surface area contributed by atoms with Gasteiger partial charge in [0.15, 0.2) is 0 Å². The highest BCUT2D eigenvalue weighted by molar-refractivity contribution is 5.70. The molecule has 2 aromatic carbocycles. The van der Waals surface area contributed by atoms with Crippen molar-refractivity contribution in [3.63, 3.8) is 0 Å². The molecule has 5 atom stereocenters. The molecular weight excluding hydrogens is 336 g/mol. The quantitative estimate of drug-likeness (QED) is 0.641. The molecule has 0 saturated carbocycles. The first-order valence-corrected chi connectivity index (χ1v) is 8.63. The van der Waals surface area contributed by atoms with Crippen LogP contribution in [0.1, 0.15) is 12.5 Å². The highest BCUT2D eigenvalue weighted by Crippen LogP contribution is 2.34. The average Bonchev–Trinajstić information content (AvgIpc) is 2.68. The van der Waals surface area contributed by atoms with Gasteiger partial charge in [-0.2, -0.15) is 0 Å². The van der Waals surface area contributed by atoms with Crippen LogP contribution in [0.15, 0.2) is 48.5 Å². The fourth-order valence-corrected chi connectivity index (χ4v) is 3.13. The van der Waals surface area contributed by atoms with Gasteiger partial charge in [-0.05, 0) is 23.3 Å². The van der Waals surface area contributed by atoms with E-state index in [0.717, 1.165) is 16.7 Å². The number of para-hydroxylation sites is 1. The van der Waals surface area contributed by atoms with Crippen molar-refractivity contribution in [2.45, 2.75) is 38.1 Å². The Morgan fingerprint density at radius 1 is 1.00 bits per heavy atom. The van der Waals surface area contributed by atoms with Gasteiger partial charge in [0.25, 0.3) is 0 Å². The molecule has 6 heteroatoms.